The van der Waals surface area contributed by atoms with Crippen LogP contribution in [0.5, 0.6) is 0 Å². The molecule has 2 N–H and O–H groups in total. The first-order chi connectivity index (χ1) is 19.5. The van der Waals surface area contributed by atoms with Crippen LogP contribution in [0.1, 0.15) is 98.5 Å². The molecule has 1 unspecified atom stereocenters. The van der Waals surface area contributed by atoms with Crippen LogP contribution in [0, 0.1) is 18.8 Å². The Hall–Kier alpha value is -1.71. The number of nitrogens with one attached hydrogen (secondary N) is 2. The average Bonchev–Trinajstić information content (AvgIpc) is 2.98. The number of thioether (sulfide) groups is 1. The molecule has 2 fully saturated rings. The summed E-state index contributed by atoms with van der Waals surface area (Å²) in [6, 6.07) is 13.6. The fraction of sp³-hybridized carbons (Fsp3) is 0.588. The summed E-state index contributed by atoms with van der Waals surface area (Å²) < 4.78 is 0. The number of benzene rings is 2. The Kier molecular flexibility index (Phi) is 14.4. The molecule has 1 amide bonds. The zero-order valence-electron chi connectivity index (χ0n) is 25.4. The maximum absolute atomic E-state index is 13.4. The number of carboxylic acid groups (broad SMARTS) is 1. The Morgan fingerprint density at radius 2 is 1.63 bits per heavy atom. The quantitative estimate of drug-likeness (QED) is 0.362. The van der Waals surface area contributed by atoms with Gasteiger partial charge >= 0.3 is 18.9 Å². The van der Waals surface area contributed by atoms with Crippen molar-refractivity contribution in [3.63, 3.8) is 0 Å². The van der Waals surface area contributed by atoms with Crippen LogP contribution in [-0.2, 0) is 11.3 Å². The van der Waals surface area contributed by atoms with Gasteiger partial charge in [-0.15, -0.1) is 0 Å². The van der Waals surface area contributed by atoms with Gasteiger partial charge in [-0.25, -0.2) is 0 Å². The Morgan fingerprint density at radius 3 is 2.29 bits per heavy atom. The van der Waals surface area contributed by atoms with E-state index in [4.69, 9.17) is 0 Å². The van der Waals surface area contributed by atoms with Gasteiger partial charge in [0, 0.05) is 18.2 Å². The minimum absolute atomic E-state index is 0. The Morgan fingerprint density at radius 1 is 0.951 bits per heavy atom. The number of amides is 1. The Balaban J connectivity index is 0.00000462. The van der Waals surface area contributed by atoms with E-state index in [-0.39, 0.29) is 24.8 Å². The standard InChI is InChI=1S/C34H48N2O3S.Li/c1-24-11-9-10-16-28(24)30-21-26(17-18-29(30)33(37)36-31(34(38)39)19-20-40-2)23-35-32(27-14-7-4-8-15-27)22-25-12-5-3-6-13-25;/h9-11,16-18,21,25,27,31-32,35H,3-8,12-15,19-20,22-23H2,1-2H3,(H,36,37)(H,38,39);/q;+1/p-1/t31-,32?;/m0./s1. The van der Waals surface area contributed by atoms with Gasteiger partial charge in [0.25, 0.3) is 5.91 Å². The number of carbonyl (C=O) groups excluding carboxylic acids is 2. The van der Waals surface area contributed by atoms with E-state index < -0.39 is 12.0 Å². The molecule has 2 aromatic carbocycles. The third kappa shape index (κ3) is 9.92. The molecule has 41 heavy (non-hydrogen) atoms. The van der Waals surface area contributed by atoms with E-state index in [0.29, 0.717) is 23.8 Å². The summed E-state index contributed by atoms with van der Waals surface area (Å²) in [5.41, 5.74) is 4.57. The average molecular weight is 571 g/mol. The van der Waals surface area contributed by atoms with Crippen molar-refractivity contribution in [3.8, 4) is 11.1 Å². The number of aryl methyl sites for hydroxylation is 1. The van der Waals surface area contributed by atoms with Gasteiger partial charge in [-0.3, -0.25) is 4.79 Å². The third-order valence-corrected chi connectivity index (χ3v) is 9.71. The van der Waals surface area contributed by atoms with E-state index in [2.05, 4.69) is 16.7 Å². The fourth-order valence-corrected chi connectivity index (χ4v) is 7.20. The normalized spacial score (nSPS) is 17.8. The zero-order chi connectivity index (χ0) is 28.3. The van der Waals surface area contributed by atoms with Crippen molar-refractivity contribution in [1.82, 2.24) is 10.6 Å². The van der Waals surface area contributed by atoms with Gasteiger partial charge in [-0.2, -0.15) is 11.8 Å². The molecule has 0 spiro atoms. The molecule has 0 heterocycles. The first kappa shape index (κ1) is 33.8. The fourth-order valence-electron chi connectivity index (χ4n) is 6.73. The minimum atomic E-state index is -1.24. The second kappa shape index (κ2) is 17.4. The van der Waals surface area contributed by atoms with Crippen molar-refractivity contribution in [2.75, 3.05) is 12.0 Å². The molecule has 7 heteroatoms. The van der Waals surface area contributed by atoms with Crippen molar-refractivity contribution in [2.24, 2.45) is 11.8 Å². The van der Waals surface area contributed by atoms with Crippen molar-refractivity contribution in [2.45, 2.75) is 103 Å². The molecule has 218 valence electrons. The predicted molar refractivity (Wildman–Crippen MR) is 164 cm³/mol. The van der Waals surface area contributed by atoms with Crippen molar-refractivity contribution in [3.05, 3.63) is 59.2 Å². The molecule has 4 rings (SSSR count). The Labute approximate surface area is 263 Å². The number of hydrogen-bond donors (Lipinski definition) is 2. The van der Waals surface area contributed by atoms with Crippen LogP contribution < -0.4 is 34.6 Å². The summed E-state index contributed by atoms with van der Waals surface area (Å²) >= 11 is 1.55. The molecule has 2 aliphatic rings. The number of rotatable bonds is 13. The molecule has 2 aliphatic carbocycles. The number of aliphatic carboxylic acids is 1. The van der Waals surface area contributed by atoms with Gasteiger partial charge in [0.05, 0.1) is 12.0 Å². The summed E-state index contributed by atoms with van der Waals surface area (Å²) in [6.45, 7) is 2.82. The molecule has 0 saturated heterocycles. The number of carboxylic acids is 1. The van der Waals surface area contributed by atoms with E-state index in [1.807, 2.05) is 49.6 Å². The van der Waals surface area contributed by atoms with Gasteiger partial charge in [0.2, 0.25) is 0 Å². The predicted octanol–water partition coefficient (Wildman–Crippen LogP) is 3.28. The number of carbonyl (C=O) groups is 2. The van der Waals surface area contributed by atoms with Gasteiger partial charge in [-0.1, -0.05) is 81.7 Å². The summed E-state index contributed by atoms with van der Waals surface area (Å²) in [6.07, 6.45) is 17.1. The van der Waals surface area contributed by atoms with E-state index >= 15 is 0 Å². The van der Waals surface area contributed by atoms with E-state index in [1.54, 1.807) is 11.8 Å². The molecule has 0 radical (unpaired) electrons. The van der Waals surface area contributed by atoms with E-state index in [0.717, 1.165) is 40.6 Å². The van der Waals surface area contributed by atoms with Crippen LogP contribution in [0.3, 0.4) is 0 Å². The summed E-state index contributed by atoms with van der Waals surface area (Å²) in [5.74, 6) is 0.610. The van der Waals surface area contributed by atoms with Crippen molar-refractivity contribution >= 4 is 23.6 Å². The molecule has 5 nitrogen and oxygen atoms in total. The second-order valence-electron chi connectivity index (χ2n) is 11.9. The summed E-state index contributed by atoms with van der Waals surface area (Å²) in [4.78, 5) is 25.1. The van der Waals surface area contributed by atoms with Gasteiger partial charge < -0.3 is 20.5 Å². The molecule has 2 saturated carbocycles. The van der Waals surface area contributed by atoms with Crippen LogP contribution in [0.25, 0.3) is 11.1 Å². The maximum atomic E-state index is 13.4. The molecule has 0 aromatic heterocycles. The minimum Gasteiger partial charge on any atom is -0.548 e. The van der Waals surface area contributed by atoms with Crippen LogP contribution in [-0.4, -0.2) is 36.0 Å². The van der Waals surface area contributed by atoms with Crippen LogP contribution in [0.15, 0.2) is 42.5 Å². The van der Waals surface area contributed by atoms with Crippen molar-refractivity contribution < 1.29 is 33.6 Å². The first-order valence-electron chi connectivity index (χ1n) is 15.4. The monoisotopic (exact) mass is 570 g/mol. The molecule has 0 aliphatic heterocycles. The summed E-state index contributed by atoms with van der Waals surface area (Å²) in [7, 11) is 0. The van der Waals surface area contributed by atoms with Crippen molar-refractivity contribution in [1.29, 1.82) is 0 Å². The smallest absolute Gasteiger partial charge is 0.548 e. The number of hydrogen-bond acceptors (Lipinski definition) is 5. The topological polar surface area (TPSA) is 81.3 Å². The van der Waals surface area contributed by atoms with Gasteiger partial charge in [-0.05, 0) is 90.8 Å². The van der Waals surface area contributed by atoms with E-state index in [1.165, 1.54) is 70.6 Å². The largest absolute Gasteiger partial charge is 1.00 e. The van der Waals surface area contributed by atoms with E-state index in [9.17, 15) is 14.7 Å². The zero-order valence-corrected chi connectivity index (χ0v) is 26.2. The molecule has 2 atom stereocenters. The molecular formula is C34H47LiN2O3S. The SMILES string of the molecule is CSCC[C@H](NC(=O)c1ccc(CNC(CC2CCCCC2)C2CCCCC2)cc1-c1ccccc1C)C(=O)[O-].[Li+]. The molecular weight excluding hydrogens is 523 g/mol. The maximum Gasteiger partial charge on any atom is 1.00 e. The van der Waals surface area contributed by atoms with Crippen LogP contribution in [0.2, 0.25) is 0 Å². The third-order valence-electron chi connectivity index (χ3n) is 9.06. The first-order valence-corrected chi connectivity index (χ1v) is 16.8. The molecule has 0 bridgehead atoms. The van der Waals surface area contributed by atoms with Gasteiger partial charge in [0.1, 0.15) is 0 Å². The second-order valence-corrected chi connectivity index (χ2v) is 12.9. The Bertz CT molecular complexity index is 1110. The summed E-state index contributed by atoms with van der Waals surface area (Å²) in [5, 5.41) is 18.4. The van der Waals surface area contributed by atoms with Crippen LogP contribution >= 0.6 is 11.8 Å². The van der Waals surface area contributed by atoms with Gasteiger partial charge in [0.15, 0.2) is 0 Å². The van der Waals surface area contributed by atoms with Crippen LogP contribution in [0.4, 0.5) is 0 Å². The molecule has 2 aromatic rings.